The van der Waals surface area contributed by atoms with Crippen molar-refractivity contribution >= 4 is 52.3 Å². The van der Waals surface area contributed by atoms with E-state index in [1.165, 1.54) is 4.90 Å². The molecule has 0 unspecified atom stereocenters. The van der Waals surface area contributed by atoms with Crippen molar-refractivity contribution in [1.29, 1.82) is 5.26 Å². The van der Waals surface area contributed by atoms with Crippen molar-refractivity contribution in [3.8, 4) is 22.3 Å². The Kier molecular flexibility index (Phi) is 16.6. The molecule has 4 amide bonds. The quantitative estimate of drug-likeness (QED) is 0.0572. The van der Waals surface area contributed by atoms with E-state index in [0.717, 1.165) is 46.6 Å². The van der Waals surface area contributed by atoms with Crippen molar-refractivity contribution < 1.29 is 33.8 Å². The molecule has 1 saturated heterocycles. The molecule has 2 fully saturated rings. The number of ether oxygens (including phenoxy) is 2. The number of thiazole rings is 1. The lowest BCUT2D eigenvalue weighted by molar-refractivity contribution is -0.164. The van der Waals surface area contributed by atoms with E-state index in [2.05, 4.69) is 60.0 Å². The average molecular weight is 969 g/mol. The normalized spacial score (nSPS) is 20.3. The van der Waals surface area contributed by atoms with Crippen molar-refractivity contribution in [1.82, 2.24) is 25.8 Å². The summed E-state index contributed by atoms with van der Waals surface area (Å²) < 4.78 is 12.1. The summed E-state index contributed by atoms with van der Waals surface area (Å²) in [5.41, 5.74) is 5.11. The third-order valence-electron chi connectivity index (χ3n) is 13.2. The molecule has 2 heterocycles. The van der Waals surface area contributed by atoms with Gasteiger partial charge in [-0.25, -0.2) is 4.98 Å². The molecule has 1 aromatic heterocycles. The van der Waals surface area contributed by atoms with Gasteiger partial charge in [0, 0.05) is 60.3 Å². The Balaban J connectivity index is 0.887. The predicted molar refractivity (Wildman–Crippen MR) is 265 cm³/mol. The fourth-order valence-electron chi connectivity index (χ4n) is 9.67. The SMILES string of the molecule is Cc1ncsc1-c1ccc([C@H](C)NC(=O)[C@H]2C[C@H](O)CN2C(=O)[C@@H](NC(=O)COCCCCCNc2ccc(C(=O)NC3C(C)(C)C(Oc4ccc(C#N)c(Cl)c4)C3(C)C)cc2)C(C)(C)C)cc1. The van der Waals surface area contributed by atoms with Crippen LogP contribution < -0.4 is 26.0 Å². The van der Waals surface area contributed by atoms with Crippen LogP contribution in [0.2, 0.25) is 5.02 Å². The van der Waals surface area contributed by atoms with Crippen LogP contribution in [-0.2, 0) is 19.1 Å². The van der Waals surface area contributed by atoms with Crippen LogP contribution >= 0.6 is 22.9 Å². The molecule has 1 aliphatic heterocycles. The van der Waals surface area contributed by atoms with E-state index in [1.807, 2.05) is 76.5 Å². The summed E-state index contributed by atoms with van der Waals surface area (Å²) in [6.45, 7) is 18.5. The Morgan fingerprint density at radius 2 is 1.68 bits per heavy atom. The number of aryl methyl sites for hydroxylation is 1. The van der Waals surface area contributed by atoms with Crippen LogP contribution in [0.1, 0.15) is 114 Å². The van der Waals surface area contributed by atoms with E-state index in [0.29, 0.717) is 35.1 Å². The van der Waals surface area contributed by atoms with Crippen molar-refractivity contribution in [2.24, 2.45) is 16.2 Å². The maximum atomic E-state index is 14.1. The van der Waals surface area contributed by atoms with Gasteiger partial charge in [-0.3, -0.25) is 19.2 Å². The lowest BCUT2D eigenvalue weighted by atomic mass is 9.49. The molecule has 0 spiro atoms. The largest absolute Gasteiger partial charge is 0.489 e. The maximum absolute atomic E-state index is 14.1. The Morgan fingerprint density at radius 1 is 0.985 bits per heavy atom. The number of benzene rings is 3. The highest BCUT2D eigenvalue weighted by Crippen LogP contribution is 2.55. The fraction of sp³-hybridized carbons (Fsp3) is 0.500. The number of nitrogens with one attached hydrogen (secondary N) is 4. The van der Waals surface area contributed by atoms with Crippen LogP contribution in [0, 0.1) is 34.5 Å². The second-order valence-corrected chi connectivity index (χ2v) is 21.6. The van der Waals surface area contributed by atoms with Gasteiger partial charge >= 0.3 is 0 Å². The number of unbranched alkanes of at least 4 members (excludes halogenated alkanes) is 2. The summed E-state index contributed by atoms with van der Waals surface area (Å²) in [5.74, 6) is -0.820. The number of amides is 4. The Labute approximate surface area is 409 Å². The fourth-order valence-corrected chi connectivity index (χ4v) is 10.7. The first-order chi connectivity index (χ1) is 32.1. The number of nitrogens with zero attached hydrogens (tertiary/aromatic N) is 3. The summed E-state index contributed by atoms with van der Waals surface area (Å²) in [6.07, 6.45) is 1.46. The van der Waals surface area contributed by atoms with Gasteiger partial charge in [0.25, 0.3) is 5.91 Å². The second kappa shape index (κ2) is 21.8. The zero-order valence-electron chi connectivity index (χ0n) is 40.6. The number of aliphatic hydroxyl groups excluding tert-OH is 1. The van der Waals surface area contributed by atoms with Crippen LogP contribution in [-0.4, -0.2) is 95.3 Å². The minimum Gasteiger partial charge on any atom is -0.489 e. The number of rotatable bonds is 19. The number of halogens is 1. The molecule has 6 rings (SSSR count). The van der Waals surface area contributed by atoms with Crippen LogP contribution in [0.25, 0.3) is 10.4 Å². The van der Waals surface area contributed by atoms with Crippen molar-refractivity contribution in [3.05, 3.63) is 99.6 Å². The topological polar surface area (TPSA) is 195 Å². The number of β-amino-alcohol motifs (C(OH)–C–C–N with tert-alkyl or cyclic N) is 1. The standard InChI is InChI=1S/C52H66ClN7O7S/c1-31(33-13-15-34(16-14-33)43-32(2)56-30-68-43)57-46(64)41-25-38(61)28-60(41)47(65)44(50(3,4)5)58-42(62)29-66-24-12-10-11-23-55-37-20-17-35(18-21-37)45(63)59-48-51(6,7)49(52(48,8)9)67-39-22-19-36(27-54)40(53)26-39/h13-22,26,30-31,38,41,44,48-49,55,61H,10-12,23-25,28-29H2,1-9H3,(H,57,64)(H,58,62)(H,59,63)/t31-,38-,41+,44+,48?,49?/m0/s1. The number of nitriles is 1. The first-order valence-electron chi connectivity index (χ1n) is 23.3. The number of aromatic nitrogens is 1. The molecule has 2 aliphatic rings. The molecule has 4 aromatic rings. The van der Waals surface area contributed by atoms with E-state index < -0.39 is 35.4 Å². The Bertz CT molecular complexity index is 2450. The van der Waals surface area contributed by atoms with Gasteiger partial charge in [0.1, 0.15) is 36.6 Å². The van der Waals surface area contributed by atoms with Gasteiger partial charge in [-0.1, -0.05) is 84.3 Å². The number of likely N-dealkylation sites (tertiary alicyclic amines) is 1. The second-order valence-electron chi connectivity index (χ2n) is 20.3. The van der Waals surface area contributed by atoms with Gasteiger partial charge in [-0.15, -0.1) is 11.3 Å². The Morgan fingerprint density at radius 3 is 2.29 bits per heavy atom. The molecule has 364 valence electrons. The van der Waals surface area contributed by atoms with Gasteiger partial charge in [0.15, 0.2) is 0 Å². The molecule has 0 radical (unpaired) electrons. The summed E-state index contributed by atoms with van der Waals surface area (Å²) in [7, 11) is 0. The summed E-state index contributed by atoms with van der Waals surface area (Å²) in [5, 5.41) is 32.7. The molecule has 1 saturated carbocycles. The van der Waals surface area contributed by atoms with Crippen molar-refractivity contribution in [2.45, 2.75) is 124 Å². The van der Waals surface area contributed by atoms with E-state index in [4.69, 9.17) is 21.1 Å². The van der Waals surface area contributed by atoms with Crippen molar-refractivity contribution in [3.63, 3.8) is 0 Å². The minimum absolute atomic E-state index is 0.0135. The third kappa shape index (κ3) is 12.2. The molecule has 0 bridgehead atoms. The smallest absolute Gasteiger partial charge is 0.251 e. The highest BCUT2D eigenvalue weighted by molar-refractivity contribution is 7.13. The van der Waals surface area contributed by atoms with Crippen LogP contribution in [0.4, 0.5) is 5.69 Å². The van der Waals surface area contributed by atoms with Gasteiger partial charge in [-0.2, -0.15) is 5.26 Å². The minimum atomic E-state index is -0.952. The van der Waals surface area contributed by atoms with Crippen LogP contribution in [0.15, 0.2) is 72.2 Å². The molecule has 1 aliphatic carbocycles. The van der Waals surface area contributed by atoms with Gasteiger partial charge < -0.3 is 40.7 Å². The lowest BCUT2D eigenvalue weighted by Crippen LogP contribution is -2.74. The zero-order chi connectivity index (χ0) is 49.6. The van der Waals surface area contributed by atoms with Gasteiger partial charge in [-0.05, 0) is 86.1 Å². The lowest BCUT2D eigenvalue weighted by Gasteiger charge is -2.63. The summed E-state index contributed by atoms with van der Waals surface area (Å²) in [4.78, 5) is 61.0. The number of aliphatic hydroxyl groups is 1. The van der Waals surface area contributed by atoms with Crippen molar-refractivity contribution in [2.75, 3.05) is 31.6 Å². The molecule has 14 nitrogen and oxygen atoms in total. The monoisotopic (exact) mass is 967 g/mol. The van der Waals surface area contributed by atoms with E-state index in [1.54, 1.807) is 41.7 Å². The van der Waals surface area contributed by atoms with E-state index in [9.17, 15) is 29.5 Å². The summed E-state index contributed by atoms with van der Waals surface area (Å²) >= 11 is 7.81. The molecular formula is C52H66ClN7O7S. The molecular weight excluding hydrogens is 902 g/mol. The first-order valence-corrected chi connectivity index (χ1v) is 24.5. The third-order valence-corrected chi connectivity index (χ3v) is 14.5. The predicted octanol–water partition coefficient (Wildman–Crippen LogP) is 8.22. The highest BCUT2D eigenvalue weighted by Gasteiger charge is 2.64. The molecule has 5 N–H and O–H groups in total. The number of hydrogen-bond acceptors (Lipinski definition) is 11. The van der Waals surface area contributed by atoms with Crippen LogP contribution in [0.3, 0.4) is 0 Å². The summed E-state index contributed by atoms with van der Waals surface area (Å²) in [6, 6.07) is 20.1. The maximum Gasteiger partial charge on any atom is 0.251 e. The van der Waals surface area contributed by atoms with Gasteiger partial charge in [0.2, 0.25) is 17.7 Å². The number of anilines is 1. The number of carbonyl (C=O) groups is 4. The molecule has 16 heteroatoms. The average Bonchev–Trinajstić information content (AvgIpc) is 3.91. The molecule has 68 heavy (non-hydrogen) atoms. The Hall–Kier alpha value is -5.53. The highest BCUT2D eigenvalue weighted by atomic mass is 35.5. The molecule has 4 atom stereocenters. The molecule has 3 aromatic carbocycles. The number of carbonyl (C=O) groups excluding carboxylic acids is 4. The zero-order valence-corrected chi connectivity index (χ0v) is 42.1. The first kappa shape index (κ1) is 51.9. The van der Waals surface area contributed by atoms with Gasteiger partial charge in [0.05, 0.1) is 38.8 Å². The van der Waals surface area contributed by atoms with Crippen LogP contribution in [0.5, 0.6) is 5.75 Å². The number of hydrogen-bond donors (Lipinski definition) is 5. The van der Waals surface area contributed by atoms with E-state index >= 15 is 0 Å². The van der Waals surface area contributed by atoms with E-state index in [-0.39, 0.29) is 60.4 Å².